The molecular weight excluding hydrogens is 420 g/mol. The van der Waals surface area contributed by atoms with Crippen LogP contribution in [0.5, 0.6) is 0 Å². The van der Waals surface area contributed by atoms with Crippen LogP contribution >= 0.6 is 0 Å². The third-order valence-corrected chi connectivity index (χ3v) is 9.62. The molecule has 0 radical (unpaired) electrons. The van der Waals surface area contributed by atoms with E-state index in [1.165, 1.54) is 0 Å². The molecule has 0 amide bonds. The average Bonchev–Trinajstić information content (AvgIpc) is 2.78. The molecule has 30 heavy (non-hydrogen) atoms. The monoisotopic (exact) mass is 456 g/mol. The van der Waals surface area contributed by atoms with Crippen LogP contribution < -0.4 is 0 Å². The van der Waals surface area contributed by atoms with Crippen molar-refractivity contribution < 1.29 is 31.7 Å². The van der Waals surface area contributed by atoms with Crippen LogP contribution in [-0.2, 0) is 31.7 Å². The van der Waals surface area contributed by atoms with Gasteiger partial charge in [0, 0.05) is 41.1 Å². The highest BCUT2D eigenvalue weighted by Gasteiger charge is 2.34. The van der Waals surface area contributed by atoms with Gasteiger partial charge in [-0.3, -0.25) is 0 Å². The van der Waals surface area contributed by atoms with Crippen LogP contribution in [0, 0.1) is 0 Å². The standard InChI is InChI=1S/C11H16O3Si.C10H20O4Si/c1-12-15(13-2,14-3)10-9-11-7-5-4-6-8-11;1-9(2)10(11)14-7-6-8-15(5,12-3)13-4/h4-10H,1-3H3;1,6-8H2,2-5H3. The minimum absolute atomic E-state index is 0.340. The van der Waals surface area contributed by atoms with Crippen molar-refractivity contribution in [2.45, 2.75) is 25.9 Å². The van der Waals surface area contributed by atoms with E-state index in [0.717, 1.165) is 18.0 Å². The predicted molar refractivity (Wildman–Crippen MR) is 123 cm³/mol. The molecule has 7 nitrogen and oxygen atoms in total. The normalized spacial score (nSPS) is 11.7. The third-order valence-electron chi connectivity index (χ3n) is 4.35. The van der Waals surface area contributed by atoms with Crippen LogP contribution in [0.1, 0.15) is 18.9 Å². The minimum Gasteiger partial charge on any atom is -0.462 e. The SMILES string of the molecule is C=C(C)C(=O)OCCC[Si](C)(OC)OC.CO[Si](C=Cc1ccccc1)(OC)OC. The zero-order chi connectivity index (χ0) is 23.0. The number of hydrogen-bond acceptors (Lipinski definition) is 7. The Morgan fingerprint density at radius 1 is 0.967 bits per heavy atom. The number of benzene rings is 1. The first-order valence-corrected chi connectivity index (χ1v) is 13.9. The Kier molecular flexibility index (Phi) is 14.4. The molecule has 1 aromatic rings. The van der Waals surface area contributed by atoms with Gasteiger partial charge in [0.25, 0.3) is 0 Å². The van der Waals surface area contributed by atoms with Gasteiger partial charge in [0.2, 0.25) is 0 Å². The number of carbonyl (C=O) groups is 1. The third kappa shape index (κ3) is 11.0. The summed E-state index contributed by atoms with van der Waals surface area (Å²) in [6.07, 6.45) is 2.70. The molecule has 0 aromatic heterocycles. The Labute approximate surface area is 183 Å². The van der Waals surface area contributed by atoms with Crippen molar-refractivity contribution in [3.8, 4) is 0 Å². The highest BCUT2D eigenvalue weighted by Crippen LogP contribution is 2.14. The van der Waals surface area contributed by atoms with E-state index in [1.54, 1.807) is 42.5 Å². The summed E-state index contributed by atoms with van der Waals surface area (Å²) in [6, 6.07) is 10.8. The molecule has 0 heterocycles. The summed E-state index contributed by atoms with van der Waals surface area (Å²) in [5.41, 5.74) is 3.39. The van der Waals surface area contributed by atoms with Crippen LogP contribution in [0.2, 0.25) is 12.6 Å². The van der Waals surface area contributed by atoms with Crippen molar-refractivity contribution in [3.63, 3.8) is 0 Å². The van der Waals surface area contributed by atoms with E-state index in [1.807, 2.05) is 48.7 Å². The number of rotatable bonds is 12. The van der Waals surface area contributed by atoms with Gasteiger partial charge in [-0.2, -0.15) is 0 Å². The molecule has 0 saturated carbocycles. The molecule has 0 aliphatic carbocycles. The molecule has 0 atom stereocenters. The zero-order valence-electron chi connectivity index (χ0n) is 19.2. The summed E-state index contributed by atoms with van der Waals surface area (Å²) in [5.74, 6) is -0.340. The van der Waals surface area contributed by atoms with E-state index in [2.05, 4.69) is 6.58 Å². The lowest BCUT2D eigenvalue weighted by Gasteiger charge is -2.22. The Bertz CT molecular complexity index is 634. The lowest BCUT2D eigenvalue weighted by atomic mass is 10.2. The first kappa shape index (κ1) is 28.4. The van der Waals surface area contributed by atoms with Crippen molar-refractivity contribution in [3.05, 3.63) is 53.7 Å². The zero-order valence-corrected chi connectivity index (χ0v) is 21.2. The van der Waals surface area contributed by atoms with E-state index in [-0.39, 0.29) is 5.97 Å². The molecule has 9 heteroatoms. The lowest BCUT2D eigenvalue weighted by molar-refractivity contribution is -0.138. The number of esters is 1. The molecule has 0 aliphatic heterocycles. The average molecular weight is 457 g/mol. The fourth-order valence-corrected chi connectivity index (χ4v) is 4.85. The number of hydrogen-bond donors (Lipinski definition) is 0. The summed E-state index contributed by atoms with van der Waals surface area (Å²) in [5, 5.41) is 0. The summed E-state index contributed by atoms with van der Waals surface area (Å²) < 4.78 is 31.4. The summed E-state index contributed by atoms with van der Waals surface area (Å²) >= 11 is 0. The fourth-order valence-electron chi connectivity index (χ4n) is 2.19. The molecule has 0 saturated heterocycles. The van der Waals surface area contributed by atoms with Crippen LogP contribution in [0.15, 0.2) is 48.2 Å². The van der Waals surface area contributed by atoms with Gasteiger partial charge in [0.15, 0.2) is 0 Å². The van der Waals surface area contributed by atoms with Gasteiger partial charge in [0.05, 0.1) is 6.61 Å². The van der Waals surface area contributed by atoms with Gasteiger partial charge in [-0.05, 0) is 37.2 Å². The van der Waals surface area contributed by atoms with Crippen LogP contribution in [-0.4, -0.2) is 65.5 Å². The molecule has 0 fully saturated rings. The van der Waals surface area contributed by atoms with E-state index in [9.17, 15) is 4.79 Å². The Morgan fingerprint density at radius 2 is 1.50 bits per heavy atom. The second-order valence-corrected chi connectivity index (χ2v) is 12.9. The van der Waals surface area contributed by atoms with Crippen LogP contribution in [0.3, 0.4) is 0 Å². The largest absolute Gasteiger partial charge is 0.528 e. The summed E-state index contributed by atoms with van der Waals surface area (Å²) in [6.45, 7) is 7.50. The maximum Gasteiger partial charge on any atom is 0.528 e. The minimum atomic E-state index is -2.58. The maximum atomic E-state index is 11.0. The molecule has 1 rings (SSSR count). The first-order chi connectivity index (χ1) is 14.2. The molecule has 0 spiro atoms. The predicted octanol–water partition coefficient (Wildman–Crippen LogP) is 3.98. The topological polar surface area (TPSA) is 72.5 Å². The van der Waals surface area contributed by atoms with E-state index >= 15 is 0 Å². The van der Waals surface area contributed by atoms with Crippen molar-refractivity contribution in [2.24, 2.45) is 0 Å². The highest BCUT2D eigenvalue weighted by atomic mass is 28.4. The second kappa shape index (κ2) is 15.2. The van der Waals surface area contributed by atoms with Crippen LogP contribution in [0.25, 0.3) is 6.08 Å². The van der Waals surface area contributed by atoms with E-state index < -0.39 is 17.4 Å². The van der Waals surface area contributed by atoms with Gasteiger partial charge >= 0.3 is 23.3 Å². The number of carbonyl (C=O) groups excluding carboxylic acids is 1. The van der Waals surface area contributed by atoms with E-state index in [0.29, 0.717) is 12.2 Å². The quantitative estimate of drug-likeness (QED) is 0.204. The molecule has 170 valence electrons. The molecule has 0 bridgehead atoms. The lowest BCUT2D eigenvalue weighted by Crippen LogP contribution is -2.40. The van der Waals surface area contributed by atoms with Crippen molar-refractivity contribution in [1.29, 1.82) is 0 Å². The Balaban J connectivity index is 0.000000561. The van der Waals surface area contributed by atoms with Gasteiger partial charge < -0.3 is 26.9 Å². The molecule has 0 N–H and O–H groups in total. The molecular formula is C21H36O7Si2. The van der Waals surface area contributed by atoms with Crippen molar-refractivity contribution in [1.82, 2.24) is 0 Å². The fraction of sp³-hybridized carbons (Fsp3) is 0.476. The number of ether oxygens (including phenoxy) is 1. The maximum absolute atomic E-state index is 11.0. The summed E-state index contributed by atoms with van der Waals surface area (Å²) in [7, 11) is 3.48. The highest BCUT2D eigenvalue weighted by molar-refractivity contribution is 6.67. The Hall–Kier alpha value is -1.60. The summed E-state index contributed by atoms with van der Waals surface area (Å²) in [4.78, 5) is 11.0. The van der Waals surface area contributed by atoms with Gasteiger partial charge in [-0.25, -0.2) is 4.79 Å². The molecule has 0 unspecified atom stereocenters. The van der Waals surface area contributed by atoms with Crippen molar-refractivity contribution >= 4 is 29.4 Å². The van der Waals surface area contributed by atoms with Gasteiger partial charge in [-0.1, -0.05) is 43.0 Å². The molecule has 0 aliphatic rings. The smallest absolute Gasteiger partial charge is 0.462 e. The van der Waals surface area contributed by atoms with Crippen molar-refractivity contribution in [2.75, 3.05) is 42.2 Å². The van der Waals surface area contributed by atoms with E-state index in [4.69, 9.17) is 26.9 Å². The first-order valence-electron chi connectivity index (χ1n) is 9.54. The second-order valence-electron chi connectivity index (χ2n) is 6.52. The van der Waals surface area contributed by atoms with Gasteiger partial charge in [-0.15, -0.1) is 0 Å². The Morgan fingerprint density at radius 3 is 1.93 bits per heavy atom. The van der Waals surface area contributed by atoms with Gasteiger partial charge in [0.1, 0.15) is 0 Å². The molecule has 1 aromatic carbocycles. The van der Waals surface area contributed by atoms with Crippen LogP contribution in [0.4, 0.5) is 0 Å².